The standard InChI is InChI=1S/C27H35N5O4S3/c33-23(9-2-1-8-22-25-21(18-37-22)31-27(35)32-25)28-12-14-36-15-13-30-26(34)20-7-5-6-19(16-20)17-38-39-24-10-3-4-11-29-24/h3-7,10-11,16,21-22,25H,1-2,8-9,12-15,17-18H2,(H,28,33)(H,30,34)(H2,31,32,35). The minimum Gasteiger partial charge on any atom is -0.378 e. The van der Waals surface area contributed by atoms with Gasteiger partial charge in [0.1, 0.15) is 5.03 Å². The fraction of sp³-hybridized carbons (Fsp3) is 0.481. The summed E-state index contributed by atoms with van der Waals surface area (Å²) in [6, 6.07) is 13.8. The third-order valence-electron chi connectivity index (χ3n) is 6.38. The topological polar surface area (TPSA) is 121 Å². The van der Waals surface area contributed by atoms with Crippen molar-refractivity contribution < 1.29 is 19.1 Å². The zero-order chi connectivity index (χ0) is 27.3. The molecule has 4 rings (SSSR count). The van der Waals surface area contributed by atoms with Gasteiger partial charge >= 0.3 is 6.03 Å². The van der Waals surface area contributed by atoms with Crippen LogP contribution in [0.3, 0.4) is 0 Å². The number of thioether (sulfide) groups is 1. The Labute approximate surface area is 241 Å². The summed E-state index contributed by atoms with van der Waals surface area (Å²) in [5.74, 6) is 1.62. The Morgan fingerprint density at radius 3 is 2.79 bits per heavy atom. The van der Waals surface area contributed by atoms with Crippen LogP contribution in [0.15, 0.2) is 53.7 Å². The van der Waals surface area contributed by atoms with Crippen LogP contribution in [-0.2, 0) is 15.3 Å². The van der Waals surface area contributed by atoms with Crippen LogP contribution < -0.4 is 21.3 Å². The minimum absolute atomic E-state index is 0.0242. The van der Waals surface area contributed by atoms with Crippen molar-refractivity contribution >= 4 is 51.2 Å². The molecule has 0 saturated carbocycles. The lowest BCUT2D eigenvalue weighted by atomic mass is 10.0. The molecular weight excluding hydrogens is 555 g/mol. The van der Waals surface area contributed by atoms with Gasteiger partial charge < -0.3 is 26.0 Å². The van der Waals surface area contributed by atoms with Crippen LogP contribution in [0.1, 0.15) is 41.6 Å². The Kier molecular flexibility index (Phi) is 12.1. The van der Waals surface area contributed by atoms with Crippen LogP contribution in [0, 0.1) is 0 Å². The molecule has 0 bridgehead atoms. The molecule has 12 heteroatoms. The number of fused-ring (bicyclic) bond motifs is 1. The summed E-state index contributed by atoms with van der Waals surface area (Å²) < 4.78 is 5.55. The largest absolute Gasteiger partial charge is 0.378 e. The van der Waals surface area contributed by atoms with E-state index in [0.29, 0.717) is 43.5 Å². The molecule has 1 aromatic carbocycles. The number of benzene rings is 1. The first-order chi connectivity index (χ1) is 19.1. The lowest BCUT2D eigenvalue weighted by molar-refractivity contribution is -0.121. The second-order valence-electron chi connectivity index (χ2n) is 9.30. The first-order valence-corrected chi connectivity index (χ1v) is 16.6. The van der Waals surface area contributed by atoms with Crippen LogP contribution in [0.4, 0.5) is 4.79 Å². The van der Waals surface area contributed by atoms with Gasteiger partial charge in [-0.2, -0.15) is 11.8 Å². The van der Waals surface area contributed by atoms with Crippen molar-refractivity contribution in [2.75, 3.05) is 32.1 Å². The third-order valence-corrected chi connectivity index (χ3v) is 10.1. The molecule has 2 aliphatic heterocycles. The van der Waals surface area contributed by atoms with Gasteiger partial charge in [0.25, 0.3) is 5.91 Å². The van der Waals surface area contributed by atoms with Crippen molar-refractivity contribution in [1.29, 1.82) is 0 Å². The fourth-order valence-electron chi connectivity index (χ4n) is 4.42. The highest BCUT2D eigenvalue weighted by Crippen LogP contribution is 2.33. The van der Waals surface area contributed by atoms with Crippen LogP contribution in [0.5, 0.6) is 0 Å². The number of nitrogens with zero attached hydrogens (tertiary/aromatic N) is 1. The van der Waals surface area contributed by atoms with Gasteiger partial charge in [-0.15, -0.1) is 0 Å². The highest BCUT2D eigenvalue weighted by Gasteiger charge is 2.42. The highest BCUT2D eigenvalue weighted by atomic mass is 33.1. The lowest BCUT2D eigenvalue weighted by Crippen LogP contribution is -2.36. The number of aromatic nitrogens is 1. The second-order valence-corrected chi connectivity index (χ2v) is 12.9. The van der Waals surface area contributed by atoms with Crippen molar-refractivity contribution in [3.63, 3.8) is 0 Å². The molecule has 2 aliphatic rings. The second kappa shape index (κ2) is 16.0. The number of carbonyl (C=O) groups is 3. The van der Waals surface area contributed by atoms with E-state index in [1.807, 2.05) is 48.2 Å². The number of hydrogen-bond donors (Lipinski definition) is 4. The van der Waals surface area contributed by atoms with Crippen molar-refractivity contribution in [3.8, 4) is 0 Å². The maximum atomic E-state index is 12.5. The van der Waals surface area contributed by atoms with Gasteiger partial charge in [0.15, 0.2) is 0 Å². The average molecular weight is 590 g/mol. The van der Waals surface area contributed by atoms with Crippen molar-refractivity contribution in [3.05, 3.63) is 59.8 Å². The normalized spacial score (nSPS) is 19.7. The van der Waals surface area contributed by atoms with E-state index >= 15 is 0 Å². The van der Waals surface area contributed by atoms with Crippen LogP contribution in [-0.4, -0.2) is 72.2 Å². The minimum atomic E-state index is -0.130. The van der Waals surface area contributed by atoms with E-state index in [2.05, 4.69) is 26.3 Å². The number of amides is 4. The molecule has 1 aromatic heterocycles. The molecule has 0 radical (unpaired) electrons. The molecule has 3 unspecified atom stereocenters. The number of nitrogens with one attached hydrogen (secondary N) is 4. The number of ether oxygens (including phenoxy) is 1. The van der Waals surface area contributed by atoms with E-state index in [4.69, 9.17) is 4.74 Å². The van der Waals surface area contributed by atoms with Gasteiger partial charge in [0.05, 0.1) is 25.3 Å². The molecule has 0 spiro atoms. The summed E-state index contributed by atoms with van der Waals surface area (Å²) in [5, 5.41) is 13.1. The molecule has 9 nitrogen and oxygen atoms in total. The summed E-state index contributed by atoms with van der Waals surface area (Å²) >= 11 is 1.90. The summed E-state index contributed by atoms with van der Waals surface area (Å²) in [6.07, 6.45) is 5.07. The highest BCUT2D eigenvalue weighted by molar-refractivity contribution is 8.76. The zero-order valence-electron chi connectivity index (χ0n) is 21.7. The van der Waals surface area contributed by atoms with Gasteiger partial charge in [-0.05, 0) is 53.5 Å². The zero-order valence-corrected chi connectivity index (χ0v) is 24.2. The third kappa shape index (κ3) is 9.93. The lowest BCUT2D eigenvalue weighted by Gasteiger charge is -2.16. The monoisotopic (exact) mass is 589 g/mol. The average Bonchev–Trinajstić information content (AvgIpc) is 3.50. The number of unbranched alkanes of at least 4 members (excludes halogenated alkanes) is 1. The predicted octanol–water partition coefficient (Wildman–Crippen LogP) is 3.61. The van der Waals surface area contributed by atoms with Crippen molar-refractivity contribution in [2.45, 2.75) is 53.8 Å². The van der Waals surface area contributed by atoms with E-state index < -0.39 is 0 Å². The molecule has 39 heavy (non-hydrogen) atoms. The summed E-state index contributed by atoms with van der Waals surface area (Å²) in [4.78, 5) is 40.3. The summed E-state index contributed by atoms with van der Waals surface area (Å²) in [5.41, 5.74) is 1.70. The number of urea groups is 1. The van der Waals surface area contributed by atoms with E-state index in [-0.39, 0.29) is 29.9 Å². The Hall–Kier alpha value is -2.41. The quantitative estimate of drug-likeness (QED) is 0.133. The predicted molar refractivity (Wildman–Crippen MR) is 158 cm³/mol. The molecule has 4 amide bonds. The van der Waals surface area contributed by atoms with Gasteiger partial charge in [-0.25, -0.2) is 9.78 Å². The van der Waals surface area contributed by atoms with Crippen molar-refractivity contribution in [1.82, 2.24) is 26.3 Å². The number of hydrogen-bond acceptors (Lipinski definition) is 8. The number of rotatable bonds is 16. The molecular formula is C27H35N5O4S3. The molecule has 3 atom stereocenters. The van der Waals surface area contributed by atoms with Gasteiger partial charge in [-0.1, -0.05) is 35.4 Å². The van der Waals surface area contributed by atoms with Crippen LogP contribution in [0.25, 0.3) is 0 Å². The maximum Gasteiger partial charge on any atom is 0.315 e. The first kappa shape index (κ1) is 29.6. The Morgan fingerprint density at radius 2 is 1.95 bits per heavy atom. The number of carbonyl (C=O) groups excluding carboxylic acids is 3. The molecule has 4 N–H and O–H groups in total. The Morgan fingerprint density at radius 1 is 1.08 bits per heavy atom. The SMILES string of the molecule is O=C(CCCCC1SCC2NC(=O)NC21)NCCOCCNC(=O)c1cccc(CSSc2ccccn2)c1. The van der Waals surface area contributed by atoms with E-state index in [0.717, 1.165) is 41.4 Å². The molecule has 2 fully saturated rings. The fourth-order valence-corrected chi connectivity index (χ4v) is 7.94. The smallest absolute Gasteiger partial charge is 0.315 e. The molecule has 2 aromatic rings. The number of pyridine rings is 1. The van der Waals surface area contributed by atoms with Gasteiger partial charge in [0, 0.05) is 48.0 Å². The molecule has 2 saturated heterocycles. The van der Waals surface area contributed by atoms with E-state index in [1.165, 1.54) is 0 Å². The Balaban J connectivity index is 0.991. The van der Waals surface area contributed by atoms with Crippen LogP contribution in [0.2, 0.25) is 0 Å². The van der Waals surface area contributed by atoms with Gasteiger partial charge in [0.2, 0.25) is 5.91 Å². The summed E-state index contributed by atoms with van der Waals surface area (Å²) in [6.45, 7) is 1.63. The van der Waals surface area contributed by atoms with Crippen LogP contribution >= 0.6 is 33.3 Å². The van der Waals surface area contributed by atoms with Crippen molar-refractivity contribution in [2.24, 2.45) is 0 Å². The molecule has 210 valence electrons. The first-order valence-electron chi connectivity index (χ1n) is 13.2. The van der Waals surface area contributed by atoms with Gasteiger partial charge in [-0.3, -0.25) is 9.59 Å². The van der Waals surface area contributed by atoms with E-state index in [1.54, 1.807) is 33.9 Å². The summed E-state index contributed by atoms with van der Waals surface area (Å²) in [7, 11) is 3.30. The Bertz CT molecular complexity index is 1090. The molecule has 0 aliphatic carbocycles. The molecule has 3 heterocycles. The van der Waals surface area contributed by atoms with E-state index in [9.17, 15) is 14.4 Å². The maximum absolute atomic E-state index is 12.5.